The van der Waals surface area contributed by atoms with Crippen LogP contribution in [-0.4, -0.2) is 0 Å². The summed E-state index contributed by atoms with van der Waals surface area (Å²) in [4.78, 5) is 1.39. The van der Waals surface area contributed by atoms with E-state index in [4.69, 9.17) is 0 Å². The second kappa shape index (κ2) is 3.14. The number of allylic oxidation sites excluding steroid dienone is 1. The van der Waals surface area contributed by atoms with Crippen molar-refractivity contribution in [2.24, 2.45) is 0 Å². The van der Waals surface area contributed by atoms with Gasteiger partial charge in [-0.05, 0) is 23.8 Å². The van der Waals surface area contributed by atoms with Gasteiger partial charge in [-0.1, -0.05) is 12.6 Å². The van der Waals surface area contributed by atoms with Crippen molar-refractivity contribution in [1.82, 2.24) is 0 Å². The second-order valence-electron chi connectivity index (χ2n) is 5.38. The molecule has 0 spiro atoms. The minimum atomic E-state index is 0.376. The molecule has 0 N–H and O–H groups in total. The lowest BCUT2D eigenvalue weighted by Gasteiger charge is -2.21. The fraction of sp³-hybridized carbons (Fsp3) is 0.118. The Bertz CT molecular complexity index is 872. The number of hydrogen-bond acceptors (Lipinski definition) is 1. The molecule has 2 heteroatoms. The number of thiophene rings is 1. The van der Waals surface area contributed by atoms with Crippen LogP contribution in [0.3, 0.4) is 0 Å². The molecule has 0 saturated carbocycles. The van der Waals surface area contributed by atoms with Gasteiger partial charge in [0.05, 0.1) is 0 Å². The molecule has 2 aromatic heterocycles. The van der Waals surface area contributed by atoms with E-state index < -0.39 is 0 Å². The van der Waals surface area contributed by atoms with E-state index in [1.165, 1.54) is 37.4 Å². The van der Waals surface area contributed by atoms with Gasteiger partial charge in [0.15, 0.2) is 12.2 Å². The van der Waals surface area contributed by atoms with Crippen molar-refractivity contribution >= 4 is 27.0 Å². The third kappa shape index (κ3) is 1.09. The number of pyridine rings is 1. The lowest BCUT2D eigenvalue weighted by Crippen LogP contribution is -2.44. The number of rotatable bonds is 0. The number of hydrogen-bond donors (Lipinski definition) is 0. The van der Waals surface area contributed by atoms with Crippen LogP contribution in [0.15, 0.2) is 49.2 Å². The summed E-state index contributed by atoms with van der Waals surface area (Å²) in [6.45, 7) is 4.41. The predicted molar refractivity (Wildman–Crippen MR) is 79.2 cm³/mol. The number of benzene rings is 1. The van der Waals surface area contributed by atoms with Crippen molar-refractivity contribution in [1.29, 1.82) is 0 Å². The molecule has 0 fully saturated rings. The first kappa shape index (κ1) is 9.93. The number of fused-ring (bicyclic) bond motifs is 5. The third-order valence-electron chi connectivity index (χ3n) is 4.36. The van der Waals surface area contributed by atoms with Crippen LogP contribution in [0.5, 0.6) is 0 Å². The zero-order valence-corrected chi connectivity index (χ0v) is 11.2. The topological polar surface area (TPSA) is 3.88 Å². The molecule has 2 aliphatic rings. The zero-order valence-electron chi connectivity index (χ0n) is 10.4. The molecule has 1 aromatic carbocycles. The molecule has 3 aromatic rings. The molecular weight excluding hydrogens is 250 g/mol. The van der Waals surface area contributed by atoms with E-state index in [1.54, 1.807) is 0 Å². The van der Waals surface area contributed by atoms with Crippen LogP contribution in [0.4, 0.5) is 0 Å². The van der Waals surface area contributed by atoms with Crippen LogP contribution in [0.2, 0.25) is 0 Å². The van der Waals surface area contributed by atoms with Gasteiger partial charge in [0.1, 0.15) is 4.88 Å². The van der Waals surface area contributed by atoms with Crippen molar-refractivity contribution in [3.05, 3.63) is 60.3 Å². The van der Waals surface area contributed by atoms with E-state index in [2.05, 4.69) is 53.7 Å². The number of aromatic nitrogens is 1. The second-order valence-corrected chi connectivity index (χ2v) is 6.43. The van der Waals surface area contributed by atoms with Gasteiger partial charge in [-0.2, -0.15) is 4.57 Å². The molecule has 0 radical (unpaired) electrons. The summed E-state index contributed by atoms with van der Waals surface area (Å²) in [6, 6.07) is 13.8. The van der Waals surface area contributed by atoms with Gasteiger partial charge < -0.3 is 0 Å². The average Bonchev–Trinajstić information content (AvgIpc) is 2.80. The Labute approximate surface area is 115 Å². The molecule has 1 unspecified atom stereocenters. The molecule has 5 rings (SSSR count). The van der Waals surface area contributed by atoms with Crippen molar-refractivity contribution < 1.29 is 4.57 Å². The first-order valence-electron chi connectivity index (χ1n) is 6.58. The zero-order chi connectivity index (χ0) is 12.6. The van der Waals surface area contributed by atoms with Crippen molar-refractivity contribution in [3.8, 4) is 10.6 Å². The van der Waals surface area contributed by atoms with Gasteiger partial charge >= 0.3 is 0 Å². The summed E-state index contributed by atoms with van der Waals surface area (Å²) < 4.78 is 3.78. The summed E-state index contributed by atoms with van der Waals surface area (Å²) in [5.41, 5.74) is 5.45. The maximum atomic E-state index is 4.41. The van der Waals surface area contributed by atoms with E-state index in [9.17, 15) is 0 Å². The molecular formula is C17H12NS+. The van der Waals surface area contributed by atoms with Gasteiger partial charge in [-0.25, -0.2) is 0 Å². The lowest BCUT2D eigenvalue weighted by atomic mass is 9.92. The summed E-state index contributed by atoms with van der Waals surface area (Å²) >= 11 is 1.89. The van der Waals surface area contributed by atoms with Gasteiger partial charge in [0, 0.05) is 39.8 Å². The maximum Gasteiger partial charge on any atom is 0.223 e. The number of nitrogens with zero attached hydrogens (tertiary/aromatic N) is 1. The first-order valence-corrected chi connectivity index (χ1v) is 7.40. The highest BCUT2D eigenvalue weighted by Crippen LogP contribution is 2.48. The molecule has 3 heterocycles. The van der Waals surface area contributed by atoms with Crippen LogP contribution in [-0.2, 0) is 6.42 Å². The molecule has 0 saturated heterocycles. The third-order valence-corrected chi connectivity index (χ3v) is 5.56. The molecule has 1 nitrogen and oxygen atoms in total. The molecule has 19 heavy (non-hydrogen) atoms. The molecule has 1 aliphatic heterocycles. The highest BCUT2D eigenvalue weighted by Gasteiger charge is 2.38. The summed E-state index contributed by atoms with van der Waals surface area (Å²) in [7, 11) is 0. The Morgan fingerprint density at radius 1 is 1.21 bits per heavy atom. The summed E-state index contributed by atoms with van der Waals surface area (Å²) in [6.07, 6.45) is 3.25. The highest BCUT2D eigenvalue weighted by molar-refractivity contribution is 7.22. The fourth-order valence-electron chi connectivity index (χ4n) is 3.47. The van der Waals surface area contributed by atoms with Gasteiger partial charge in [-0.15, -0.1) is 11.3 Å². The highest BCUT2D eigenvalue weighted by atomic mass is 32.1. The van der Waals surface area contributed by atoms with Crippen LogP contribution in [0.25, 0.3) is 26.2 Å². The minimum Gasteiger partial charge on any atom is -0.190 e. The van der Waals surface area contributed by atoms with E-state index in [0.717, 1.165) is 6.42 Å². The molecule has 1 atom stereocenters. The van der Waals surface area contributed by atoms with Crippen LogP contribution in [0.1, 0.15) is 17.2 Å². The fourth-order valence-corrected chi connectivity index (χ4v) is 4.72. The molecule has 4 bridgehead atoms. The first-order chi connectivity index (χ1) is 9.33. The van der Waals surface area contributed by atoms with Gasteiger partial charge in [0.25, 0.3) is 0 Å². The predicted octanol–water partition coefficient (Wildman–Crippen LogP) is 3.98. The van der Waals surface area contributed by atoms with Crippen LogP contribution in [0, 0.1) is 0 Å². The monoisotopic (exact) mass is 262 g/mol. The van der Waals surface area contributed by atoms with E-state index in [-0.39, 0.29) is 0 Å². The lowest BCUT2D eigenvalue weighted by molar-refractivity contribution is -0.699. The maximum absolute atomic E-state index is 4.41. The van der Waals surface area contributed by atoms with E-state index >= 15 is 0 Å². The standard InChI is InChI=1S/C17H12NS/c1-10-14-9-11-5-6-15-12(8-11)16(10)17(19-15)13-4-2-3-7-18(13)14/h2-8,14H,1,9H2/q+1. The SMILES string of the molecule is C=C1c2c3sc4ccc(cc24)CC1[n+]1ccccc1-3. The van der Waals surface area contributed by atoms with E-state index in [1.807, 2.05) is 11.3 Å². The molecule has 1 aliphatic carbocycles. The average molecular weight is 262 g/mol. The molecule has 0 amide bonds. The van der Waals surface area contributed by atoms with E-state index in [0.29, 0.717) is 6.04 Å². The Kier molecular flexibility index (Phi) is 1.64. The smallest absolute Gasteiger partial charge is 0.190 e. The Hall–Kier alpha value is -1.93. The minimum absolute atomic E-state index is 0.376. The summed E-state index contributed by atoms with van der Waals surface area (Å²) in [5.74, 6) is 0. The van der Waals surface area contributed by atoms with Gasteiger partial charge in [0.2, 0.25) is 5.69 Å². The largest absolute Gasteiger partial charge is 0.223 e. The quantitative estimate of drug-likeness (QED) is 0.540. The Morgan fingerprint density at radius 2 is 2.16 bits per heavy atom. The van der Waals surface area contributed by atoms with Crippen molar-refractivity contribution in [2.75, 3.05) is 0 Å². The normalized spacial score (nSPS) is 18.9. The van der Waals surface area contributed by atoms with Gasteiger partial charge in [-0.3, -0.25) is 0 Å². The van der Waals surface area contributed by atoms with Crippen molar-refractivity contribution in [2.45, 2.75) is 12.5 Å². The van der Waals surface area contributed by atoms with Crippen LogP contribution >= 0.6 is 11.3 Å². The molecule has 90 valence electrons. The van der Waals surface area contributed by atoms with Crippen molar-refractivity contribution in [3.63, 3.8) is 0 Å². The Morgan fingerprint density at radius 3 is 3.11 bits per heavy atom. The van der Waals surface area contributed by atoms with Crippen LogP contribution < -0.4 is 4.57 Å². The Balaban J connectivity index is 2.06. The summed E-state index contributed by atoms with van der Waals surface area (Å²) in [5, 5.41) is 1.40.